The summed E-state index contributed by atoms with van der Waals surface area (Å²) in [6.45, 7) is 0. The minimum Gasteiger partial charge on any atom is -0.254 e. The van der Waals surface area contributed by atoms with Crippen LogP contribution in [0.5, 0.6) is 0 Å². The fourth-order valence-electron chi connectivity index (χ4n) is 1.23. The Morgan fingerprint density at radius 2 is 2.00 bits per heavy atom. The van der Waals surface area contributed by atoms with E-state index in [0.717, 1.165) is 22.4 Å². The molecule has 0 atom stereocenters. The maximum Gasteiger partial charge on any atom is 0.183 e. The number of rotatable bonds is 6. The molecule has 0 saturated carbocycles. The molecule has 0 spiro atoms. The molecular weight excluding hydrogens is 238 g/mol. The van der Waals surface area contributed by atoms with E-state index in [4.69, 9.17) is 0 Å². The van der Waals surface area contributed by atoms with Crippen LogP contribution in [0.3, 0.4) is 0 Å². The van der Waals surface area contributed by atoms with Gasteiger partial charge in [-0.15, -0.1) is 0 Å². The maximum atomic E-state index is 4.06. The van der Waals surface area contributed by atoms with Crippen molar-refractivity contribution in [1.82, 2.24) is 15.2 Å². The van der Waals surface area contributed by atoms with Crippen LogP contribution in [0.2, 0.25) is 0 Å². The van der Waals surface area contributed by atoms with Crippen LogP contribution in [0.25, 0.3) is 0 Å². The first kappa shape index (κ1) is 11.5. The van der Waals surface area contributed by atoms with E-state index in [-0.39, 0.29) is 0 Å². The van der Waals surface area contributed by atoms with Gasteiger partial charge in [-0.2, -0.15) is 16.9 Å². The highest BCUT2D eigenvalue weighted by Gasteiger charge is 1.97. The minimum atomic E-state index is 0.903. The third kappa shape index (κ3) is 3.90. The Bertz CT molecular complexity index is 389. The van der Waals surface area contributed by atoms with Crippen LogP contribution in [0.4, 0.5) is 0 Å². The highest BCUT2D eigenvalue weighted by molar-refractivity contribution is 8.02. The Kier molecular flexibility index (Phi) is 4.76. The second-order valence-corrected chi connectivity index (χ2v) is 5.37. The summed E-state index contributed by atoms with van der Waals surface area (Å²) < 4.78 is 0. The Hall–Kier alpha value is -0.940. The molecule has 2 aromatic rings. The third-order valence-corrected chi connectivity index (χ3v) is 4.14. The lowest BCUT2D eigenvalue weighted by Gasteiger charge is -2.00. The van der Waals surface area contributed by atoms with Crippen molar-refractivity contribution in [3.8, 4) is 0 Å². The zero-order valence-corrected chi connectivity index (χ0v) is 10.4. The first-order valence-electron chi connectivity index (χ1n) is 5.05. The van der Waals surface area contributed by atoms with Gasteiger partial charge in [0.25, 0.3) is 0 Å². The third-order valence-electron chi connectivity index (χ3n) is 1.97. The molecule has 0 unspecified atom stereocenters. The predicted molar refractivity (Wildman–Crippen MR) is 69.7 cm³/mol. The van der Waals surface area contributed by atoms with E-state index in [1.54, 1.807) is 18.1 Å². The van der Waals surface area contributed by atoms with Crippen molar-refractivity contribution in [2.24, 2.45) is 0 Å². The van der Waals surface area contributed by atoms with Gasteiger partial charge in [-0.3, -0.25) is 5.10 Å². The molecule has 2 rings (SSSR count). The lowest BCUT2D eigenvalue weighted by molar-refractivity contribution is 0.974. The van der Waals surface area contributed by atoms with E-state index in [1.807, 2.05) is 17.8 Å². The van der Waals surface area contributed by atoms with Gasteiger partial charge < -0.3 is 0 Å². The van der Waals surface area contributed by atoms with Gasteiger partial charge in [-0.25, -0.2) is 4.98 Å². The molecule has 0 bridgehead atoms. The predicted octanol–water partition coefficient (Wildman–Crippen LogP) is 2.83. The molecule has 0 fully saturated rings. The molecule has 1 aromatic heterocycles. The van der Waals surface area contributed by atoms with Crippen molar-refractivity contribution in [3.63, 3.8) is 0 Å². The molecule has 5 heteroatoms. The van der Waals surface area contributed by atoms with E-state index in [1.165, 1.54) is 5.56 Å². The van der Waals surface area contributed by atoms with Crippen LogP contribution in [-0.4, -0.2) is 26.7 Å². The zero-order chi connectivity index (χ0) is 11.1. The zero-order valence-electron chi connectivity index (χ0n) is 8.80. The SMILES string of the molecule is c1ccc(CSCCSc2ncn[nH]2)cc1. The number of nitrogens with zero attached hydrogens (tertiary/aromatic N) is 2. The molecule has 0 radical (unpaired) electrons. The first-order chi connectivity index (χ1) is 7.95. The first-order valence-corrected chi connectivity index (χ1v) is 7.19. The number of H-pyrrole nitrogens is 1. The molecule has 1 heterocycles. The topological polar surface area (TPSA) is 41.6 Å². The molecule has 84 valence electrons. The summed E-state index contributed by atoms with van der Waals surface area (Å²) in [5.74, 6) is 3.27. The number of hydrogen-bond acceptors (Lipinski definition) is 4. The van der Waals surface area contributed by atoms with Gasteiger partial charge in [0.15, 0.2) is 5.16 Å². The summed E-state index contributed by atoms with van der Waals surface area (Å²) in [5.41, 5.74) is 1.39. The van der Waals surface area contributed by atoms with E-state index >= 15 is 0 Å². The van der Waals surface area contributed by atoms with Gasteiger partial charge in [0, 0.05) is 17.3 Å². The summed E-state index contributed by atoms with van der Waals surface area (Å²) in [6.07, 6.45) is 1.54. The van der Waals surface area contributed by atoms with Crippen molar-refractivity contribution < 1.29 is 0 Å². The normalized spacial score (nSPS) is 10.5. The standard InChI is InChI=1S/C11H13N3S2/c1-2-4-10(5-3-1)8-15-6-7-16-11-12-9-13-14-11/h1-5,9H,6-8H2,(H,12,13,14). The van der Waals surface area contributed by atoms with Crippen LogP contribution in [0.1, 0.15) is 5.56 Å². The highest BCUT2D eigenvalue weighted by atomic mass is 32.2. The highest BCUT2D eigenvalue weighted by Crippen LogP contribution is 2.16. The summed E-state index contributed by atoms with van der Waals surface area (Å²) in [5, 5.41) is 7.55. The Morgan fingerprint density at radius 3 is 2.75 bits per heavy atom. The molecule has 0 aliphatic heterocycles. The number of aromatic amines is 1. The molecule has 0 saturated heterocycles. The average molecular weight is 251 g/mol. The number of benzene rings is 1. The van der Waals surface area contributed by atoms with Crippen LogP contribution < -0.4 is 0 Å². The van der Waals surface area contributed by atoms with Gasteiger partial charge in [0.2, 0.25) is 0 Å². The van der Waals surface area contributed by atoms with Crippen molar-refractivity contribution in [2.45, 2.75) is 10.9 Å². The fraction of sp³-hybridized carbons (Fsp3) is 0.273. The molecule has 3 nitrogen and oxygen atoms in total. The molecule has 0 amide bonds. The van der Waals surface area contributed by atoms with E-state index in [2.05, 4.69) is 39.4 Å². The van der Waals surface area contributed by atoms with E-state index in [0.29, 0.717) is 0 Å². The quantitative estimate of drug-likeness (QED) is 0.633. The van der Waals surface area contributed by atoms with Gasteiger partial charge in [0.1, 0.15) is 6.33 Å². The largest absolute Gasteiger partial charge is 0.254 e. The molecule has 16 heavy (non-hydrogen) atoms. The monoisotopic (exact) mass is 251 g/mol. The van der Waals surface area contributed by atoms with Crippen LogP contribution in [0, 0.1) is 0 Å². The number of thioether (sulfide) groups is 2. The Morgan fingerprint density at radius 1 is 1.12 bits per heavy atom. The van der Waals surface area contributed by atoms with Crippen molar-refractivity contribution in [3.05, 3.63) is 42.2 Å². The lowest BCUT2D eigenvalue weighted by Crippen LogP contribution is -1.87. The molecule has 0 aliphatic rings. The smallest absolute Gasteiger partial charge is 0.183 e. The second-order valence-electron chi connectivity index (χ2n) is 3.18. The molecule has 1 N–H and O–H groups in total. The van der Waals surface area contributed by atoms with Crippen molar-refractivity contribution >= 4 is 23.5 Å². The molecular formula is C11H13N3S2. The minimum absolute atomic E-state index is 0.903. The summed E-state index contributed by atoms with van der Waals surface area (Å²) in [6, 6.07) is 10.5. The number of aromatic nitrogens is 3. The fourth-order valence-corrected chi connectivity index (χ4v) is 3.03. The average Bonchev–Trinajstić information content (AvgIpc) is 2.83. The summed E-state index contributed by atoms with van der Waals surface area (Å²) >= 11 is 3.66. The van der Waals surface area contributed by atoms with Crippen LogP contribution in [0.15, 0.2) is 41.8 Å². The van der Waals surface area contributed by atoms with Gasteiger partial charge in [-0.1, -0.05) is 42.1 Å². The van der Waals surface area contributed by atoms with Gasteiger partial charge >= 0.3 is 0 Å². The maximum absolute atomic E-state index is 4.06. The summed E-state index contributed by atoms with van der Waals surface area (Å²) in [4.78, 5) is 4.06. The van der Waals surface area contributed by atoms with Crippen LogP contribution in [-0.2, 0) is 5.75 Å². The Labute approximate surface area is 103 Å². The lowest BCUT2D eigenvalue weighted by atomic mass is 10.2. The van der Waals surface area contributed by atoms with Crippen molar-refractivity contribution in [1.29, 1.82) is 0 Å². The van der Waals surface area contributed by atoms with Crippen LogP contribution >= 0.6 is 23.5 Å². The second kappa shape index (κ2) is 6.60. The van der Waals surface area contributed by atoms with Gasteiger partial charge in [-0.05, 0) is 5.56 Å². The number of nitrogens with one attached hydrogen (secondary N) is 1. The Balaban J connectivity index is 1.59. The summed E-state index contributed by atoms with van der Waals surface area (Å²) in [7, 11) is 0. The van der Waals surface area contributed by atoms with E-state index in [9.17, 15) is 0 Å². The van der Waals surface area contributed by atoms with Crippen molar-refractivity contribution in [2.75, 3.05) is 11.5 Å². The number of hydrogen-bond donors (Lipinski definition) is 1. The molecule has 0 aliphatic carbocycles. The van der Waals surface area contributed by atoms with Gasteiger partial charge in [0.05, 0.1) is 0 Å². The van der Waals surface area contributed by atoms with E-state index < -0.39 is 0 Å². The molecule has 1 aromatic carbocycles.